The molecule has 4 heteroatoms. The molecule has 4 nitrogen and oxygen atoms in total. The molecule has 1 N–H and O–H groups in total. The number of aryl methyl sites for hydroxylation is 1. The van der Waals surface area contributed by atoms with Gasteiger partial charge in [0.05, 0.1) is 0 Å². The zero-order chi connectivity index (χ0) is 15.1. The maximum Gasteiger partial charge on any atom is 0.128 e. The average molecular weight is 278 g/mol. The number of likely N-dealkylation sites (N-methyl/N-ethyl adjacent to an activating group) is 1. The van der Waals surface area contributed by atoms with E-state index in [9.17, 15) is 0 Å². The van der Waals surface area contributed by atoms with Crippen LogP contribution >= 0.6 is 0 Å². The molecule has 0 amide bonds. The van der Waals surface area contributed by atoms with E-state index in [0.717, 1.165) is 37.7 Å². The van der Waals surface area contributed by atoms with Gasteiger partial charge in [0.1, 0.15) is 5.82 Å². The summed E-state index contributed by atoms with van der Waals surface area (Å²) in [5.74, 6) is 1.73. The van der Waals surface area contributed by atoms with Crippen molar-refractivity contribution in [3.05, 3.63) is 23.4 Å². The van der Waals surface area contributed by atoms with Crippen LogP contribution in [-0.4, -0.2) is 50.7 Å². The second-order valence-corrected chi connectivity index (χ2v) is 6.09. The first-order valence-corrected chi connectivity index (χ1v) is 7.44. The third kappa shape index (κ3) is 5.47. The predicted octanol–water partition coefficient (Wildman–Crippen LogP) is 2.13. The first-order chi connectivity index (χ1) is 9.43. The van der Waals surface area contributed by atoms with Crippen LogP contribution in [0.25, 0.3) is 0 Å². The van der Waals surface area contributed by atoms with Crippen LogP contribution in [0.15, 0.2) is 12.1 Å². The van der Waals surface area contributed by atoms with E-state index in [-0.39, 0.29) is 0 Å². The van der Waals surface area contributed by atoms with Gasteiger partial charge in [0.15, 0.2) is 0 Å². The fourth-order valence-corrected chi connectivity index (χ4v) is 2.19. The Labute approximate surface area is 124 Å². The lowest BCUT2D eigenvalue weighted by atomic mass is 10.1. The first kappa shape index (κ1) is 16.9. The summed E-state index contributed by atoms with van der Waals surface area (Å²) in [6, 6.07) is 4.34. The molecule has 1 aromatic heterocycles. The molecule has 0 saturated carbocycles. The van der Waals surface area contributed by atoms with Gasteiger partial charge in [-0.15, -0.1) is 0 Å². The Morgan fingerprint density at radius 2 is 1.90 bits per heavy atom. The third-order valence-electron chi connectivity index (χ3n) is 3.27. The smallest absolute Gasteiger partial charge is 0.128 e. The minimum Gasteiger partial charge on any atom is -0.355 e. The fourth-order valence-electron chi connectivity index (χ4n) is 2.19. The molecule has 1 heterocycles. The molecule has 0 aliphatic rings. The zero-order valence-corrected chi connectivity index (χ0v) is 13.9. The van der Waals surface area contributed by atoms with E-state index in [4.69, 9.17) is 4.98 Å². The van der Waals surface area contributed by atoms with Gasteiger partial charge in [0.25, 0.3) is 0 Å². The van der Waals surface area contributed by atoms with E-state index in [2.05, 4.69) is 62.1 Å². The number of hydrogen-bond acceptors (Lipinski definition) is 4. The molecule has 0 bridgehead atoms. The number of nitrogens with zero attached hydrogens (tertiary/aromatic N) is 3. The van der Waals surface area contributed by atoms with E-state index in [1.807, 2.05) is 7.05 Å². The van der Waals surface area contributed by atoms with Crippen molar-refractivity contribution in [2.75, 3.05) is 45.7 Å². The Morgan fingerprint density at radius 3 is 2.40 bits per heavy atom. The Kier molecular flexibility index (Phi) is 6.96. The Balaban J connectivity index is 2.86. The number of aromatic nitrogens is 1. The Bertz CT molecular complexity index is 401. The lowest BCUT2D eigenvalue weighted by Gasteiger charge is -2.27. The van der Waals surface area contributed by atoms with Gasteiger partial charge in [-0.25, -0.2) is 4.98 Å². The molecule has 0 spiro atoms. The van der Waals surface area contributed by atoms with Gasteiger partial charge in [-0.3, -0.25) is 0 Å². The van der Waals surface area contributed by atoms with Crippen molar-refractivity contribution in [3.63, 3.8) is 0 Å². The Morgan fingerprint density at radius 1 is 1.20 bits per heavy atom. The van der Waals surface area contributed by atoms with Crippen molar-refractivity contribution < 1.29 is 0 Å². The minimum absolute atomic E-state index is 0.635. The molecule has 0 fully saturated rings. The van der Waals surface area contributed by atoms with E-state index in [0.29, 0.717) is 5.92 Å². The summed E-state index contributed by atoms with van der Waals surface area (Å²) in [7, 11) is 6.19. The van der Waals surface area contributed by atoms with Crippen molar-refractivity contribution in [2.45, 2.75) is 27.3 Å². The maximum atomic E-state index is 4.79. The predicted molar refractivity (Wildman–Crippen MR) is 87.3 cm³/mol. The normalized spacial score (nSPS) is 11.4. The highest BCUT2D eigenvalue weighted by molar-refractivity contribution is 5.41. The van der Waals surface area contributed by atoms with Crippen LogP contribution in [0.5, 0.6) is 0 Å². The number of anilines is 1. The van der Waals surface area contributed by atoms with Gasteiger partial charge in [-0.05, 0) is 45.6 Å². The molecule has 0 atom stereocenters. The molecular weight excluding hydrogens is 248 g/mol. The van der Waals surface area contributed by atoms with E-state index in [1.54, 1.807) is 0 Å². The molecule has 0 aliphatic carbocycles. The lowest BCUT2D eigenvalue weighted by molar-refractivity contribution is 0.408. The van der Waals surface area contributed by atoms with E-state index in [1.165, 1.54) is 5.56 Å². The monoisotopic (exact) mass is 278 g/mol. The molecule has 0 saturated heterocycles. The van der Waals surface area contributed by atoms with Gasteiger partial charge in [0, 0.05) is 31.9 Å². The van der Waals surface area contributed by atoms with Gasteiger partial charge >= 0.3 is 0 Å². The van der Waals surface area contributed by atoms with E-state index < -0.39 is 0 Å². The van der Waals surface area contributed by atoms with Crippen molar-refractivity contribution in [1.82, 2.24) is 15.2 Å². The van der Waals surface area contributed by atoms with Crippen molar-refractivity contribution >= 4 is 5.82 Å². The van der Waals surface area contributed by atoms with Gasteiger partial charge in [0.2, 0.25) is 0 Å². The summed E-state index contributed by atoms with van der Waals surface area (Å²) in [5, 5.41) is 3.19. The van der Waals surface area contributed by atoms with Crippen LogP contribution < -0.4 is 10.2 Å². The zero-order valence-electron chi connectivity index (χ0n) is 13.9. The van der Waals surface area contributed by atoms with Gasteiger partial charge < -0.3 is 15.1 Å². The van der Waals surface area contributed by atoms with Crippen molar-refractivity contribution in [1.29, 1.82) is 0 Å². The molecule has 0 unspecified atom stereocenters. The summed E-state index contributed by atoms with van der Waals surface area (Å²) < 4.78 is 0. The van der Waals surface area contributed by atoms with Gasteiger partial charge in [-0.2, -0.15) is 0 Å². The molecule has 0 aliphatic heterocycles. The van der Waals surface area contributed by atoms with Gasteiger partial charge in [-0.1, -0.05) is 19.9 Å². The second kappa shape index (κ2) is 8.22. The van der Waals surface area contributed by atoms with Crippen LogP contribution in [0.3, 0.4) is 0 Å². The van der Waals surface area contributed by atoms with Crippen LogP contribution in [0.2, 0.25) is 0 Å². The first-order valence-electron chi connectivity index (χ1n) is 7.44. The summed E-state index contributed by atoms with van der Waals surface area (Å²) in [5.41, 5.74) is 2.39. The van der Waals surface area contributed by atoms with E-state index >= 15 is 0 Å². The molecular formula is C16H30N4. The molecule has 0 radical (unpaired) electrons. The number of rotatable bonds is 8. The largest absolute Gasteiger partial charge is 0.355 e. The summed E-state index contributed by atoms with van der Waals surface area (Å²) >= 11 is 0. The average Bonchev–Trinajstić information content (AvgIpc) is 2.36. The summed E-state index contributed by atoms with van der Waals surface area (Å²) in [6.07, 6.45) is 0. The van der Waals surface area contributed by atoms with Crippen molar-refractivity contribution in [2.24, 2.45) is 5.92 Å². The number of nitrogens with one attached hydrogen (secondary N) is 1. The summed E-state index contributed by atoms with van der Waals surface area (Å²) in [6.45, 7) is 10.6. The Hall–Kier alpha value is -1.13. The van der Waals surface area contributed by atoms with Crippen molar-refractivity contribution in [3.8, 4) is 0 Å². The van der Waals surface area contributed by atoms with Crippen LogP contribution in [0.1, 0.15) is 25.1 Å². The highest BCUT2D eigenvalue weighted by Crippen LogP contribution is 2.16. The highest BCUT2D eigenvalue weighted by Gasteiger charge is 2.11. The SMILES string of the molecule is CNCc1ccc(N(CCN(C)C)CC(C)C)nc1C. The second-order valence-electron chi connectivity index (χ2n) is 6.09. The molecule has 1 rings (SSSR count). The molecule has 0 aromatic carbocycles. The topological polar surface area (TPSA) is 31.4 Å². The molecule has 114 valence electrons. The van der Waals surface area contributed by atoms with Crippen LogP contribution in [-0.2, 0) is 6.54 Å². The highest BCUT2D eigenvalue weighted by atomic mass is 15.2. The fraction of sp³-hybridized carbons (Fsp3) is 0.688. The third-order valence-corrected chi connectivity index (χ3v) is 3.27. The molecule has 20 heavy (non-hydrogen) atoms. The van der Waals surface area contributed by atoms with Crippen LogP contribution in [0.4, 0.5) is 5.82 Å². The number of hydrogen-bond donors (Lipinski definition) is 1. The summed E-state index contributed by atoms with van der Waals surface area (Å²) in [4.78, 5) is 9.40. The van der Waals surface area contributed by atoms with Crippen LogP contribution in [0, 0.1) is 12.8 Å². The number of pyridine rings is 1. The quantitative estimate of drug-likeness (QED) is 0.789. The standard InChI is InChI=1S/C16H30N4/c1-13(2)12-20(10-9-19(5)6)16-8-7-15(11-17-4)14(3)18-16/h7-8,13,17H,9-12H2,1-6H3. The minimum atomic E-state index is 0.635. The lowest BCUT2D eigenvalue weighted by Crippen LogP contribution is -2.35. The molecule has 1 aromatic rings. The maximum absolute atomic E-state index is 4.79.